The van der Waals surface area contributed by atoms with Gasteiger partial charge in [0, 0.05) is 27.8 Å². The first-order valence-electron chi connectivity index (χ1n) is 6.74. The van der Waals surface area contributed by atoms with Gasteiger partial charge in [0.25, 0.3) is 0 Å². The molecule has 0 bridgehead atoms. The van der Waals surface area contributed by atoms with Gasteiger partial charge >= 0.3 is 0 Å². The van der Waals surface area contributed by atoms with E-state index < -0.39 is 11.6 Å². The molecule has 0 saturated heterocycles. The Morgan fingerprint density at radius 3 is 2.32 bits per heavy atom. The summed E-state index contributed by atoms with van der Waals surface area (Å²) in [5.41, 5.74) is 0.680. The summed E-state index contributed by atoms with van der Waals surface area (Å²) in [7, 11) is 0. The van der Waals surface area contributed by atoms with Gasteiger partial charge in [-0.1, -0.05) is 46.6 Å². The van der Waals surface area contributed by atoms with Crippen LogP contribution in [0, 0.1) is 23.0 Å². The number of halogens is 2. The summed E-state index contributed by atoms with van der Waals surface area (Å²) in [6.07, 6.45) is 4.10. The Balaban J connectivity index is 0.00000324. The van der Waals surface area contributed by atoms with E-state index in [2.05, 4.69) is 27.7 Å². The molecular weight excluding hydrogens is 278 g/mol. The van der Waals surface area contributed by atoms with Gasteiger partial charge in [0.05, 0.1) is 0 Å². The summed E-state index contributed by atoms with van der Waals surface area (Å²) in [5, 5.41) is 0. The van der Waals surface area contributed by atoms with Gasteiger partial charge in [-0.3, -0.25) is 0 Å². The van der Waals surface area contributed by atoms with Gasteiger partial charge in [-0.25, -0.2) is 8.78 Å². The Bertz CT molecular complexity index is 386. The van der Waals surface area contributed by atoms with Crippen molar-refractivity contribution in [2.24, 2.45) is 11.3 Å². The summed E-state index contributed by atoms with van der Waals surface area (Å²) in [6, 6.07) is 3.87. The van der Waals surface area contributed by atoms with E-state index in [-0.39, 0.29) is 27.1 Å². The van der Waals surface area contributed by atoms with Crippen molar-refractivity contribution < 1.29 is 30.5 Å². The third kappa shape index (κ3) is 7.22. The molecule has 0 aliphatic carbocycles. The van der Waals surface area contributed by atoms with Crippen LogP contribution in [-0.2, 0) is 28.1 Å². The molecule has 1 aromatic carbocycles. The maximum Gasteiger partial charge on any atom is 0.129 e. The third-order valence-corrected chi connectivity index (χ3v) is 3.32. The molecule has 0 atom stereocenters. The van der Waals surface area contributed by atoms with Crippen LogP contribution in [0.1, 0.15) is 52.5 Å². The third-order valence-electron chi connectivity index (χ3n) is 3.32. The molecular formula is C16H24F2Ti. The van der Waals surface area contributed by atoms with Gasteiger partial charge in [-0.15, -0.1) is 0 Å². The quantitative estimate of drug-likeness (QED) is 0.621. The molecule has 0 amide bonds. The van der Waals surface area contributed by atoms with Crippen LogP contribution >= 0.6 is 0 Å². The van der Waals surface area contributed by atoms with Crippen molar-refractivity contribution in [2.45, 2.75) is 53.4 Å². The van der Waals surface area contributed by atoms with E-state index in [0.29, 0.717) is 17.9 Å². The van der Waals surface area contributed by atoms with Gasteiger partial charge in [0.15, 0.2) is 0 Å². The van der Waals surface area contributed by atoms with E-state index in [0.717, 1.165) is 18.9 Å². The van der Waals surface area contributed by atoms with E-state index in [1.165, 1.54) is 12.5 Å². The van der Waals surface area contributed by atoms with E-state index >= 15 is 0 Å². The number of hydrogen-bond acceptors (Lipinski definition) is 0. The van der Waals surface area contributed by atoms with Crippen molar-refractivity contribution >= 4 is 0 Å². The topological polar surface area (TPSA) is 0 Å². The first-order valence-corrected chi connectivity index (χ1v) is 6.74. The molecule has 0 heterocycles. The Hall–Kier alpha value is -0.206. The second kappa shape index (κ2) is 8.16. The molecule has 0 unspecified atom stereocenters. The maximum atomic E-state index is 13.6. The molecule has 3 heteroatoms. The van der Waals surface area contributed by atoms with E-state index in [9.17, 15) is 8.78 Å². The van der Waals surface area contributed by atoms with Crippen LogP contribution in [0.3, 0.4) is 0 Å². The molecule has 19 heavy (non-hydrogen) atoms. The van der Waals surface area contributed by atoms with Gasteiger partial charge in [-0.05, 0) is 35.8 Å². The molecule has 0 aliphatic rings. The number of hydrogen-bond donors (Lipinski definition) is 0. The maximum absolute atomic E-state index is 13.6. The van der Waals surface area contributed by atoms with Crippen LogP contribution in [-0.4, -0.2) is 0 Å². The molecule has 1 rings (SSSR count). The van der Waals surface area contributed by atoms with E-state index in [1.807, 2.05) is 0 Å². The summed E-state index contributed by atoms with van der Waals surface area (Å²) < 4.78 is 26.4. The number of benzene rings is 1. The second-order valence-electron chi connectivity index (χ2n) is 6.36. The molecule has 0 radical (unpaired) electrons. The average molecular weight is 302 g/mol. The first kappa shape index (κ1) is 18.8. The Morgan fingerprint density at radius 2 is 1.79 bits per heavy atom. The molecule has 1 aromatic rings. The Labute approximate surface area is 130 Å². The van der Waals surface area contributed by atoms with Gasteiger partial charge in [0.1, 0.15) is 11.6 Å². The Kier molecular flexibility index (Phi) is 8.08. The largest absolute Gasteiger partial charge is 0.207 e. The molecule has 0 aromatic heterocycles. The zero-order chi connectivity index (χ0) is 13.8. The minimum Gasteiger partial charge on any atom is -0.207 e. The molecule has 0 N–H and O–H groups in total. The number of rotatable bonds is 6. The van der Waals surface area contributed by atoms with Crippen molar-refractivity contribution in [2.75, 3.05) is 0 Å². The molecule has 0 saturated carbocycles. The van der Waals surface area contributed by atoms with Crippen LogP contribution in [0.15, 0.2) is 18.2 Å². The van der Waals surface area contributed by atoms with Gasteiger partial charge in [0.2, 0.25) is 0 Å². The summed E-state index contributed by atoms with van der Waals surface area (Å²) in [6.45, 7) is 8.73. The monoisotopic (exact) mass is 302 g/mol. The van der Waals surface area contributed by atoms with Crippen LogP contribution in [0.25, 0.3) is 0 Å². The van der Waals surface area contributed by atoms with E-state index in [4.69, 9.17) is 0 Å². The molecule has 106 valence electrons. The average Bonchev–Trinajstić information content (AvgIpc) is 2.21. The van der Waals surface area contributed by atoms with Gasteiger partial charge in [-0.2, -0.15) is 0 Å². The Morgan fingerprint density at radius 1 is 1.16 bits per heavy atom. The van der Waals surface area contributed by atoms with Crippen LogP contribution in [0.4, 0.5) is 8.78 Å². The fourth-order valence-electron chi connectivity index (χ4n) is 2.26. The van der Waals surface area contributed by atoms with Crippen molar-refractivity contribution in [1.29, 1.82) is 0 Å². The standard InChI is InChI=1S/C16H24F2.Ti/c1-12(2)6-5-9-16(3,4)11-13-7-8-14(17)10-15(13)18;/h7-8,10,12H,5-6,9,11H2,1-4H3;. The van der Waals surface area contributed by atoms with Crippen molar-refractivity contribution in [3.63, 3.8) is 0 Å². The SMILES string of the molecule is CC(C)CCCC(C)(C)Cc1ccc(F)cc1F.[Ti]. The predicted octanol–water partition coefficient (Wildman–Crippen LogP) is 5.36. The van der Waals surface area contributed by atoms with Crippen molar-refractivity contribution in [3.8, 4) is 0 Å². The fraction of sp³-hybridized carbons (Fsp3) is 0.625. The van der Waals surface area contributed by atoms with Crippen molar-refractivity contribution in [1.82, 2.24) is 0 Å². The van der Waals surface area contributed by atoms with Crippen LogP contribution in [0.5, 0.6) is 0 Å². The van der Waals surface area contributed by atoms with E-state index in [1.54, 1.807) is 6.07 Å². The predicted molar refractivity (Wildman–Crippen MR) is 72.5 cm³/mol. The normalized spacial score (nSPS) is 11.5. The molecule has 0 nitrogen and oxygen atoms in total. The summed E-state index contributed by atoms with van der Waals surface area (Å²) >= 11 is 0. The molecule has 0 spiro atoms. The fourth-order valence-corrected chi connectivity index (χ4v) is 2.26. The molecule has 0 aliphatic heterocycles. The summed E-state index contributed by atoms with van der Waals surface area (Å²) in [5.74, 6) is -0.218. The minimum absolute atomic E-state index is 0. The van der Waals surface area contributed by atoms with Crippen LogP contribution in [0.2, 0.25) is 0 Å². The molecule has 0 fully saturated rings. The minimum atomic E-state index is -0.506. The van der Waals surface area contributed by atoms with Crippen molar-refractivity contribution in [3.05, 3.63) is 35.4 Å². The van der Waals surface area contributed by atoms with Gasteiger partial charge < -0.3 is 0 Å². The zero-order valence-corrected chi connectivity index (χ0v) is 14.0. The van der Waals surface area contributed by atoms with Crippen LogP contribution < -0.4 is 0 Å². The second-order valence-corrected chi connectivity index (χ2v) is 6.36. The smallest absolute Gasteiger partial charge is 0.129 e. The summed E-state index contributed by atoms with van der Waals surface area (Å²) in [4.78, 5) is 0. The zero-order valence-electron chi connectivity index (χ0n) is 12.4. The first-order chi connectivity index (χ1) is 8.30.